The van der Waals surface area contributed by atoms with E-state index in [0.29, 0.717) is 0 Å². The van der Waals surface area contributed by atoms with Gasteiger partial charge in [0.2, 0.25) is 0 Å². The standard InChI is InChI=1S/C12H22N2/c1-11(2,9-13)7-8-14-12(3,4)10-5-6-10/h10,14H,5-8H2,1-4H3. The van der Waals surface area contributed by atoms with Crippen LogP contribution in [0.5, 0.6) is 0 Å². The van der Waals surface area contributed by atoms with Crippen LogP contribution in [-0.4, -0.2) is 12.1 Å². The number of nitrogens with zero attached hydrogens (tertiary/aromatic N) is 1. The van der Waals surface area contributed by atoms with Crippen LogP contribution >= 0.6 is 0 Å². The van der Waals surface area contributed by atoms with Crippen molar-refractivity contribution < 1.29 is 0 Å². The first-order valence-corrected chi connectivity index (χ1v) is 5.54. The lowest BCUT2D eigenvalue weighted by molar-refractivity contribution is 0.315. The van der Waals surface area contributed by atoms with Gasteiger partial charge in [-0.25, -0.2) is 0 Å². The lowest BCUT2D eigenvalue weighted by atomic mass is 9.90. The van der Waals surface area contributed by atoms with Crippen molar-refractivity contribution in [3.8, 4) is 6.07 Å². The molecule has 0 saturated heterocycles. The van der Waals surface area contributed by atoms with Crippen molar-refractivity contribution >= 4 is 0 Å². The van der Waals surface area contributed by atoms with Crippen molar-refractivity contribution in [3.63, 3.8) is 0 Å². The minimum Gasteiger partial charge on any atom is -0.311 e. The molecule has 0 atom stereocenters. The molecular weight excluding hydrogens is 172 g/mol. The lowest BCUT2D eigenvalue weighted by Crippen LogP contribution is -2.42. The van der Waals surface area contributed by atoms with Crippen molar-refractivity contribution in [2.24, 2.45) is 11.3 Å². The number of hydrogen-bond donors (Lipinski definition) is 1. The van der Waals surface area contributed by atoms with Gasteiger partial charge in [0, 0.05) is 5.54 Å². The fourth-order valence-electron chi connectivity index (χ4n) is 1.70. The fourth-order valence-corrected chi connectivity index (χ4v) is 1.70. The summed E-state index contributed by atoms with van der Waals surface area (Å²) in [6, 6.07) is 2.33. The van der Waals surface area contributed by atoms with Gasteiger partial charge in [0.15, 0.2) is 0 Å². The average Bonchev–Trinajstić information content (AvgIpc) is 2.85. The molecule has 0 heterocycles. The zero-order valence-electron chi connectivity index (χ0n) is 9.85. The van der Waals surface area contributed by atoms with E-state index in [1.807, 2.05) is 13.8 Å². The molecule has 14 heavy (non-hydrogen) atoms. The van der Waals surface area contributed by atoms with Crippen LogP contribution in [0.15, 0.2) is 0 Å². The Balaban J connectivity index is 2.24. The molecule has 1 fully saturated rings. The van der Waals surface area contributed by atoms with Crippen LogP contribution in [0.25, 0.3) is 0 Å². The molecule has 2 nitrogen and oxygen atoms in total. The Hall–Kier alpha value is -0.550. The quantitative estimate of drug-likeness (QED) is 0.730. The van der Waals surface area contributed by atoms with E-state index < -0.39 is 0 Å². The van der Waals surface area contributed by atoms with E-state index in [-0.39, 0.29) is 11.0 Å². The largest absolute Gasteiger partial charge is 0.311 e. The van der Waals surface area contributed by atoms with Crippen molar-refractivity contribution in [1.82, 2.24) is 5.32 Å². The van der Waals surface area contributed by atoms with Crippen molar-refractivity contribution in [2.75, 3.05) is 6.54 Å². The van der Waals surface area contributed by atoms with E-state index >= 15 is 0 Å². The van der Waals surface area contributed by atoms with Crippen LogP contribution in [0.3, 0.4) is 0 Å². The number of rotatable bonds is 5. The summed E-state index contributed by atoms with van der Waals surface area (Å²) in [5, 5.41) is 12.4. The van der Waals surface area contributed by atoms with Crippen LogP contribution in [-0.2, 0) is 0 Å². The normalized spacial score (nSPS) is 17.9. The second-order valence-corrected chi connectivity index (χ2v) is 5.67. The summed E-state index contributed by atoms with van der Waals surface area (Å²) in [6.45, 7) is 9.48. The van der Waals surface area contributed by atoms with Crippen molar-refractivity contribution in [3.05, 3.63) is 0 Å². The van der Waals surface area contributed by atoms with Gasteiger partial charge >= 0.3 is 0 Å². The lowest BCUT2D eigenvalue weighted by Gasteiger charge is -2.27. The Labute approximate surface area is 87.7 Å². The maximum atomic E-state index is 8.87. The summed E-state index contributed by atoms with van der Waals surface area (Å²) in [5.74, 6) is 0.854. The first kappa shape index (κ1) is 11.5. The molecule has 1 N–H and O–H groups in total. The third-order valence-electron chi connectivity index (χ3n) is 3.23. The Morgan fingerprint density at radius 2 is 1.86 bits per heavy atom. The SMILES string of the molecule is CC(C)(C#N)CCNC(C)(C)C1CC1. The van der Waals surface area contributed by atoms with Gasteiger partial charge in [-0.2, -0.15) is 5.26 Å². The maximum absolute atomic E-state index is 8.87. The van der Waals surface area contributed by atoms with Crippen LogP contribution in [0.4, 0.5) is 0 Å². The molecule has 0 radical (unpaired) electrons. The molecular formula is C12H22N2. The molecule has 0 spiro atoms. The van der Waals surface area contributed by atoms with Gasteiger partial charge in [-0.3, -0.25) is 0 Å². The molecule has 80 valence electrons. The molecule has 1 aliphatic rings. The monoisotopic (exact) mass is 194 g/mol. The Kier molecular flexibility index (Phi) is 3.21. The van der Waals surface area contributed by atoms with Gasteiger partial charge in [-0.05, 0) is 59.4 Å². The molecule has 0 amide bonds. The van der Waals surface area contributed by atoms with Crippen LogP contribution < -0.4 is 5.32 Å². The van der Waals surface area contributed by atoms with E-state index in [9.17, 15) is 0 Å². The number of hydrogen-bond acceptors (Lipinski definition) is 2. The highest BCUT2D eigenvalue weighted by molar-refractivity contribution is 4.96. The minimum absolute atomic E-state index is 0.188. The van der Waals surface area contributed by atoms with Crippen LogP contribution in [0, 0.1) is 22.7 Å². The Bertz CT molecular complexity index is 231. The van der Waals surface area contributed by atoms with E-state index in [0.717, 1.165) is 18.9 Å². The highest BCUT2D eigenvalue weighted by Gasteiger charge is 2.37. The first-order valence-electron chi connectivity index (χ1n) is 5.54. The third kappa shape index (κ3) is 3.31. The van der Waals surface area contributed by atoms with Gasteiger partial charge in [0.05, 0.1) is 11.5 Å². The summed E-state index contributed by atoms with van der Waals surface area (Å²) in [4.78, 5) is 0. The zero-order valence-corrected chi connectivity index (χ0v) is 9.85. The Morgan fingerprint density at radius 3 is 2.29 bits per heavy atom. The Morgan fingerprint density at radius 1 is 1.29 bits per heavy atom. The molecule has 0 bridgehead atoms. The zero-order chi connectivity index (χ0) is 10.8. The number of nitriles is 1. The third-order valence-corrected chi connectivity index (χ3v) is 3.23. The highest BCUT2D eigenvalue weighted by Crippen LogP contribution is 2.39. The molecule has 0 aromatic carbocycles. The fraction of sp³-hybridized carbons (Fsp3) is 0.917. The van der Waals surface area contributed by atoms with Crippen LogP contribution in [0.1, 0.15) is 47.0 Å². The molecule has 1 saturated carbocycles. The topological polar surface area (TPSA) is 35.8 Å². The molecule has 0 unspecified atom stereocenters. The highest BCUT2D eigenvalue weighted by atomic mass is 15.0. The summed E-state index contributed by atoms with van der Waals surface area (Å²) in [5.41, 5.74) is 0.0815. The van der Waals surface area contributed by atoms with E-state index in [4.69, 9.17) is 5.26 Å². The molecule has 1 rings (SSSR count). The predicted octanol–water partition coefficient (Wildman–Crippen LogP) is 2.70. The van der Waals surface area contributed by atoms with E-state index in [2.05, 4.69) is 25.2 Å². The molecule has 1 aliphatic carbocycles. The van der Waals surface area contributed by atoms with Crippen LogP contribution in [0.2, 0.25) is 0 Å². The van der Waals surface area contributed by atoms with Gasteiger partial charge in [0.1, 0.15) is 0 Å². The number of nitrogens with one attached hydrogen (secondary N) is 1. The van der Waals surface area contributed by atoms with Crippen molar-refractivity contribution in [1.29, 1.82) is 5.26 Å². The summed E-state index contributed by atoms with van der Waals surface area (Å²) < 4.78 is 0. The maximum Gasteiger partial charge on any atom is 0.0684 e. The predicted molar refractivity (Wildman–Crippen MR) is 58.8 cm³/mol. The van der Waals surface area contributed by atoms with E-state index in [1.165, 1.54) is 12.8 Å². The van der Waals surface area contributed by atoms with Gasteiger partial charge < -0.3 is 5.32 Å². The van der Waals surface area contributed by atoms with E-state index in [1.54, 1.807) is 0 Å². The summed E-state index contributed by atoms with van der Waals surface area (Å²) in [7, 11) is 0. The smallest absolute Gasteiger partial charge is 0.0684 e. The molecule has 2 heteroatoms. The first-order chi connectivity index (χ1) is 6.37. The minimum atomic E-state index is -0.188. The molecule has 0 aromatic heterocycles. The average molecular weight is 194 g/mol. The van der Waals surface area contributed by atoms with Gasteiger partial charge in [-0.15, -0.1) is 0 Å². The molecule has 0 aromatic rings. The van der Waals surface area contributed by atoms with Crippen molar-refractivity contribution in [2.45, 2.75) is 52.5 Å². The second kappa shape index (κ2) is 3.90. The second-order valence-electron chi connectivity index (χ2n) is 5.67. The summed E-state index contributed by atoms with van der Waals surface area (Å²) >= 11 is 0. The molecule has 0 aliphatic heterocycles. The summed E-state index contributed by atoms with van der Waals surface area (Å²) in [6.07, 6.45) is 3.66. The van der Waals surface area contributed by atoms with Gasteiger partial charge in [-0.1, -0.05) is 0 Å². The van der Waals surface area contributed by atoms with Gasteiger partial charge in [0.25, 0.3) is 0 Å².